The van der Waals surface area contributed by atoms with Crippen LogP contribution in [0.15, 0.2) is 12.1 Å². The van der Waals surface area contributed by atoms with E-state index in [9.17, 15) is 4.79 Å². The molecule has 0 saturated carbocycles. The summed E-state index contributed by atoms with van der Waals surface area (Å²) in [6.07, 6.45) is 0.722. The van der Waals surface area contributed by atoms with Crippen LogP contribution in [0.5, 0.6) is 0 Å². The van der Waals surface area contributed by atoms with Gasteiger partial charge in [-0.2, -0.15) is 0 Å². The third-order valence-electron chi connectivity index (χ3n) is 0.201. The highest BCUT2D eigenvalue weighted by atomic mass is 16.1. The zero-order valence-electron chi connectivity index (χ0n) is 3.19. The van der Waals surface area contributed by atoms with Gasteiger partial charge < -0.3 is 0 Å². The van der Waals surface area contributed by atoms with Crippen LogP contribution in [0, 0.1) is 0 Å². The van der Waals surface area contributed by atoms with Gasteiger partial charge in [0.25, 0.3) is 0 Å². The lowest BCUT2D eigenvalue weighted by Gasteiger charge is -1.65. The fourth-order valence-electron chi connectivity index (χ4n) is 0. The van der Waals surface area contributed by atoms with Crippen LogP contribution in [0.3, 0.4) is 0 Å². The van der Waals surface area contributed by atoms with Crippen LogP contribution in [-0.2, 0) is 4.79 Å². The van der Waals surface area contributed by atoms with E-state index in [1.165, 1.54) is 0 Å². The number of rotatable bonds is 1. The summed E-state index contributed by atoms with van der Waals surface area (Å²) in [6.45, 7) is 3.31. The van der Waals surface area contributed by atoms with Gasteiger partial charge in [0.15, 0.2) is 0 Å². The predicted molar refractivity (Wildman–Crippen MR) is 23.7 cm³/mol. The SMILES string of the molecule is BC(=C)C=O. The Balaban J connectivity index is 3.20. The summed E-state index contributed by atoms with van der Waals surface area (Å²) in [7, 11) is 1.66. The molecular weight excluding hydrogens is 62.8 g/mol. The minimum Gasteiger partial charge on any atom is -0.299 e. The van der Waals surface area contributed by atoms with Crippen molar-refractivity contribution in [3.8, 4) is 0 Å². The van der Waals surface area contributed by atoms with Crippen molar-refractivity contribution in [3.63, 3.8) is 0 Å². The van der Waals surface area contributed by atoms with Crippen LogP contribution in [0.25, 0.3) is 0 Å². The van der Waals surface area contributed by atoms with Gasteiger partial charge in [-0.3, -0.25) is 4.79 Å². The molecule has 0 fully saturated rings. The quantitative estimate of drug-likeness (QED) is 0.226. The van der Waals surface area contributed by atoms with Gasteiger partial charge in [0, 0.05) is 0 Å². The van der Waals surface area contributed by atoms with Gasteiger partial charge in [-0.1, -0.05) is 5.47 Å². The van der Waals surface area contributed by atoms with Gasteiger partial charge in [0.2, 0.25) is 0 Å². The molecule has 0 saturated heterocycles. The fraction of sp³-hybridized carbons (Fsp3) is 0. The highest BCUT2D eigenvalue weighted by molar-refractivity contribution is 6.31. The maximum absolute atomic E-state index is 9.41. The number of allylic oxidation sites excluding steroid dienone is 1. The minimum absolute atomic E-state index is 0.574. The van der Waals surface area contributed by atoms with E-state index in [0.29, 0.717) is 5.47 Å². The molecule has 0 aromatic carbocycles. The van der Waals surface area contributed by atoms with Crippen LogP contribution in [0.2, 0.25) is 0 Å². The number of hydrogen-bond donors (Lipinski definition) is 0. The molecule has 0 radical (unpaired) electrons. The Labute approximate surface area is 32.1 Å². The van der Waals surface area contributed by atoms with Gasteiger partial charge in [0.1, 0.15) is 14.1 Å². The summed E-state index contributed by atoms with van der Waals surface area (Å²) in [4.78, 5) is 9.41. The first-order chi connectivity index (χ1) is 2.27. The first kappa shape index (κ1) is 4.47. The van der Waals surface area contributed by atoms with Crippen LogP contribution in [0.1, 0.15) is 0 Å². The van der Waals surface area contributed by atoms with E-state index in [1.54, 1.807) is 7.85 Å². The van der Waals surface area contributed by atoms with Crippen molar-refractivity contribution in [2.75, 3.05) is 0 Å². The molecule has 0 aliphatic heterocycles. The Kier molecular flexibility index (Phi) is 1.58. The molecule has 0 N–H and O–H groups in total. The van der Waals surface area contributed by atoms with E-state index in [2.05, 4.69) is 6.58 Å². The Morgan fingerprint density at radius 3 is 2.20 bits per heavy atom. The van der Waals surface area contributed by atoms with Crippen molar-refractivity contribution < 1.29 is 4.79 Å². The Bertz CT molecular complexity index is 57.9. The molecule has 26 valence electrons. The molecule has 0 heterocycles. The molecule has 2 heteroatoms. The smallest absolute Gasteiger partial charge is 0.142 e. The lowest BCUT2D eigenvalue weighted by atomic mass is 10.0. The Hall–Kier alpha value is -0.525. The minimum atomic E-state index is 0.574. The number of hydrogen-bond acceptors (Lipinski definition) is 1. The maximum atomic E-state index is 9.41. The topological polar surface area (TPSA) is 17.1 Å². The average molecular weight is 67.9 g/mol. The van der Waals surface area contributed by atoms with Crippen molar-refractivity contribution in [2.45, 2.75) is 0 Å². The fourth-order valence-corrected chi connectivity index (χ4v) is 0. The van der Waals surface area contributed by atoms with Crippen molar-refractivity contribution in [1.29, 1.82) is 0 Å². The Morgan fingerprint density at radius 2 is 2.20 bits per heavy atom. The summed E-state index contributed by atoms with van der Waals surface area (Å²) in [5, 5.41) is 0. The first-order valence-corrected chi connectivity index (χ1v) is 1.38. The molecule has 0 aliphatic rings. The summed E-state index contributed by atoms with van der Waals surface area (Å²) < 4.78 is 0. The van der Waals surface area contributed by atoms with Gasteiger partial charge in [-0.05, 0) is 0 Å². The third kappa shape index (κ3) is 3.47. The predicted octanol–water partition coefficient (Wildman–Crippen LogP) is -0.668. The van der Waals surface area contributed by atoms with Crippen molar-refractivity contribution in [2.24, 2.45) is 0 Å². The molecule has 0 bridgehead atoms. The molecule has 0 spiro atoms. The monoisotopic (exact) mass is 68.0 g/mol. The second-order valence-electron chi connectivity index (χ2n) is 0.964. The molecule has 0 unspecified atom stereocenters. The highest BCUT2D eigenvalue weighted by Crippen LogP contribution is 1.62. The van der Waals surface area contributed by atoms with E-state index >= 15 is 0 Å². The van der Waals surface area contributed by atoms with Gasteiger partial charge in [0.05, 0.1) is 0 Å². The molecule has 0 aromatic rings. The van der Waals surface area contributed by atoms with Gasteiger partial charge in [-0.15, -0.1) is 6.58 Å². The molecule has 0 atom stereocenters. The summed E-state index contributed by atoms with van der Waals surface area (Å²) >= 11 is 0. The second-order valence-corrected chi connectivity index (χ2v) is 0.964. The molecule has 0 aromatic heterocycles. The van der Waals surface area contributed by atoms with Crippen LogP contribution >= 0.6 is 0 Å². The van der Waals surface area contributed by atoms with E-state index in [1.807, 2.05) is 0 Å². The molecule has 5 heavy (non-hydrogen) atoms. The van der Waals surface area contributed by atoms with Gasteiger partial charge in [-0.25, -0.2) is 0 Å². The Morgan fingerprint density at radius 1 is 2.00 bits per heavy atom. The molecule has 0 amide bonds. The molecule has 0 rings (SSSR count). The van der Waals surface area contributed by atoms with Crippen LogP contribution in [0.4, 0.5) is 0 Å². The molecule has 0 aliphatic carbocycles. The number of aldehydes is 1. The number of carbonyl (C=O) groups excluding carboxylic acids is 1. The second kappa shape index (κ2) is 1.76. The summed E-state index contributed by atoms with van der Waals surface area (Å²) in [5.74, 6) is 0. The van der Waals surface area contributed by atoms with Crippen LogP contribution < -0.4 is 0 Å². The maximum Gasteiger partial charge on any atom is 0.142 e. The normalized spacial score (nSPS) is 6.40. The summed E-state index contributed by atoms with van der Waals surface area (Å²) in [6, 6.07) is 0. The van der Waals surface area contributed by atoms with Gasteiger partial charge >= 0.3 is 0 Å². The van der Waals surface area contributed by atoms with E-state index in [-0.39, 0.29) is 0 Å². The van der Waals surface area contributed by atoms with E-state index in [4.69, 9.17) is 0 Å². The molecular formula is C3H5BO. The lowest BCUT2D eigenvalue weighted by Crippen LogP contribution is -1.73. The first-order valence-electron chi connectivity index (χ1n) is 1.38. The van der Waals surface area contributed by atoms with E-state index < -0.39 is 0 Å². The zero-order chi connectivity index (χ0) is 4.28. The number of carbonyl (C=O) groups is 1. The lowest BCUT2D eigenvalue weighted by molar-refractivity contribution is -0.104. The van der Waals surface area contributed by atoms with Crippen molar-refractivity contribution >= 4 is 14.1 Å². The van der Waals surface area contributed by atoms with Crippen LogP contribution in [-0.4, -0.2) is 14.1 Å². The van der Waals surface area contributed by atoms with E-state index in [0.717, 1.165) is 6.29 Å². The summed E-state index contributed by atoms with van der Waals surface area (Å²) in [5.41, 5.74) is 0.574. The average Bonchev–Trinajstić information content (AvgIpc) is 1.38. The zero-order valence-corrected chi connectivity index (χ0v) is 3.19. The third-order valence-corrected chi connectivity index (χ3v) is 0.201. The molecule has 1 nitrogen and oxygen atoms in total. The standard InChI is InChI=1S/C3H5BO/c1-3(4)2-5/h2H,1,4H2. The van der Waals surface area contributed by atoms with Crippen molar-refractivity contribution in [3.05, 3.63) is 12.1 Å². The highest BCUT2D eigenvalue weighted by Gasteiger charge is 1.67. The van der Waals surface area contributed by atoms with Crippen molar-refractivity contribution in [1.82, 2.24) is 0 Å². The largest absolute Gasteiger partial charge is 0.299 e.